The molecule has 1 amide bonds. The fourth-order valence-electron chi connectivity index (χ4n) is 2.25. The number of carbonyl (C=O) groups excluding carboxylic acids is 2. The van der Waals surface area contributed by atoms with Gasteiger partial charge in [0.1, 0.15) is 12.4 Å². The van der Waals surface area contributed by atoms with Gasteiger partial charge >= 0.3 is 5.97 Å². The van der Waals surface area contributed by atoms with Gasteiger partial charge in [0.25, 0.3) is 5.91 Å². The molecule has 0 aliphatic heterocycles. The lowest BCUT2D eigenvalue weighted by Gasteiger charge is -2.04. The number of benzene rings is 2. The number of rotatable bonds is 6. The van der Waals surface area contributed by atoms with E-state index >= 15 is 0 Å². The van der Waals surface area contributed by atoms with Gasteiger partial charge in [-0.3, -0.25) is 4.79 Å². The number of methoxy groups -OCH3 is 1. The molecule has 0 spiro atoms. The maximum atomic E-state index is 12.2. The molecule has 0 saturated heterocycles. The second-order valence-corrected chi connectivity index (χ2v) is 6.69. The number of nitrogens with zero attached hydrogens (tertiary/aromatic N) is 2. The molecule has 138 valence electrons. The van der Waals surface area contributed by atoms with Gasteiger partial charge in [-0.25, -0.2) is 4.79 Å². The zero-order valence-corrected chi connectivity index (χ0v) is 15.6. The van der Waals surface area contributed by atoms with Crippen LogP contribution >= 0.6 is 11.3 Å². The number of amides is 1. The van der Waals surface area contributed by atoms with E-state index < -0.39 is 5.97 Å². The van der Waals surface area contributed by atoms with Crippen LogP contribution in [0.15, 0.2) is 48.5 Å². The van der Waals surface area contributed by atoms with Crippen molar-refractivity contribution in [3.8, 4) is 5.75 Å². The fraction of sp³-hybridized carbons (Fsp3) is 0.158. The SMILES string of the molecule is COc1ccc(NC(=O)c2nnc(COC(=O)c3cccc(C)c3)s2)cc1. The van der Waals surface area contributed by atoms with Gasteiger partial charge in [-0.15, -0.1) is 10.2 Å². The van der Waals surface area contributed by atoms with Gasteiger partial charge in [0.15, 0.2) is 5.01 Å². The molecule has 3 aromatic rings. The number of hydrogen-bond donors (Lipinski definition) is 1. The molecule has 0 fully saturated rings. The summed E-state index contributed by atoms with van der Waals surface area (Å²) in [6.07, 6.45) is 0. The van der Waals surface area contributed by atoms with Crippen LogP contribution in [0.2, 0.25) is 0 Å². The van der Waals surface area contributed by atoms with E-state index in [4.69, 9.17) is 9.47 Å². The van der Waals surface area contributed by atoms with Crippen molar-refractivity contribution >= 4 is 28.9 Å². The summed E-state index contributed by atoms with van der Waals surface area (Å²) in [7, 11) is 1.57. The van der Waals surface area contributed by atoms with Gasteiger partial charge in [0, 0.05) is 5.69 Å². The van der Waals surface area contributed by atoms with Crippen LogP contribution in [0.5, 0.6) is 5.75 Å². The second kappa shape index (κ2) is 8.41. The molecule has 0 radical (unpaired) electrons. The number of carbonyl (C=O) groups is 2. The summed E-state index contributed by atoms with van der Waals surface area (Å²) in [5.74, 6) is -0.131. The Morgan fingerprint density at radius 3 is 2.59 bits per heavy atom. The van der Waals surface area contributed by atoms with Gasteiger partial charge in [-0.2, -0.15) is 0 Å². The monoisotopic (exact) mass is 383 g/mol. The van der Waals surface area contributed by atoms with Crippen molar-refractivity contribution in [2.24, 2.45) is 0 Å². The lowest BCUT2D eigenvalue weighted by molar-refractivity contribution is 0.0471. The molecule has 7 nitrogen and oxygen atoms in total. The second-order valence-electron chi connectivity index (χ2n) is 5.63. The van der Waals surface area contributed by atoms with Crippen LogP contribution in [0.3, 0.4) is 0 Å². The number of aryl methyl sites for hydroxylation is 1. The van der Waals surface area contributed by atoms with Crippen LogP contribution in [0.25, 0.3) is 0 Å². The molecule has 0 aliphatic carbocycles. The number of ether oxygens (including phenoxy) is 2. The largest absolute Gasteiger partial charge is 0.497 e. The van der Waals surface area contributed by atoms with Crippen molar-refractivity contribution in [3.63, 3.8) is 0 Å². The fourth-order valence-corrected chi connectivity index (χ4v) is 2.89. The molecule has 27 heavy (non-hydrogen) atoms. The first-order valence-electron chi connectivity index (χ1n) is 8.07. The minimum Gasteiger partial charge on any atom is -0.497 e. The van der Waals surface area contributed by atoms with Gasteiger partial charge in [0.05, 0.1) is 12.7 Å². The summed E-state index contributed by atoms with van der Waals surface area (Å²) in [4.78, 5) is 24.3. The summed E-state index contributed by atoms with van der Waals surface area (Å²) in [6.45, 7) is 1.86. The third kappa shape index (κ3) is 4.89. The van der Waals surface area contributed by atoms with Crippen molar-refractivity contribution in [1.82, 2.24) is 10.2 Å². The van der Waals surface area contributed by atoms with Crippen LogP contribution in [-0.4, -0.2) is 29.2 Å². The number of anilines is 1. The van der Waals surface area contributed by atoms with E-state index in [0.717, 1.165) is 16.9 Å². The van der Waals surface area contributed by atoms with E-state index in [1.54, 1.807) is 49.6 Å². The molecule has 0 saturated carbocycles. The molecule has 1 N–H and O–H groups in total. The highest BCUT2D eigenvalue weighted by Gasteiger charge is 2.15. The summed E-state index contributed by atoms with van der Waals surface area (Å²) < 4.78 is 10.3. The van der Waals surface area contributed by atoms with Crippen molar-refractivity contribution in [2.45, 2.75) is 13.5 Å². The van der Waals surface area contributed by atoms with Gasteiger partial charge in [0.2, 0.25) is 5.01 Å². The molecular formula is C19H17N3O4S. The zero-order valence-electron chi connectivity index (χ0n) is 14.8. The molecule has 0 bridgehead atoms. The average Bonchev–Trinajstić information content (AvgIpc) is 3.16. The lowest BCUT2D eigenvalue weighted by atomic mass is 10.1. The highest BCUT2D eigenvalue weighted by molar-refractivity contribution is 7.13. The maximum absolute atomic E-state index is 12.2. The Labute approximate surface area is 160 Å². The first kappa shape index (κ1) is 18.5. The Hall–Kier alpha value is -3.26. The van der Waals surface area contributed by atoms with Crippen molar-refractivity contribution in [1.29, 1.82) is 0 Å². The number of esters is 1. The molecule has 3 rings (SSSR count). The smallest absolute Gasteiger partial charge is 0.338 e. The Morgan fingerprint density at radius 1 is 1.11 bits per heavy atom. The Balaban J connectivity index is 1.57. The Morgan fingerprint density at radius 2 is 1.89 bits per heavy atom. The van der Waals surface area contributed by atoms with E-state index in [1.165, 1.54) is 0 Å². The van der Waals surface area contributed by atoms with Gasteiger partial charge in [-0.1, -0.05) is 29.0 Å². The quantitative estimate of drug-likeness (QED) is 0.656. The van der Waals surface area contributed by atoms with E-state index in [1.807, 2.05) is 13.0 Å². The zero-order chi connectivity index (χ0) is 19.2. The predicted octanol–water partition coefficient (Wildman–Crippen LogP) is 3.46. The molecule has 0 unspecified atom stereocenters. The molecule has 0 aliphatic rings. The Bertz CT molecular complexity index is 954. The third-order valence-corrected chi connectivity index (χ3v) is 4.49. The summed E-state index contributed by atoms with van der Waals surface area (Å²) in [5.41, 5.74) is 2.05. The van der Waals surface area contributed by atoms with Crippen molar-refractivity contribution in [2.75, 3.05) is 12.4 Å². The summed E-state index contributed by atoms with van der Waals surface area (Å²) >= 11 is 1.07. The van der Waals surface area contributed by atoms with Crippen LogP contribution in [0, 0.1) is 6.92 Å². The van der Waals surface area contributed by atoms with Crippen LogP contribution in [0.4, 0.5) is 5.69 Å². The van der Waals surface area contributed by atoms with E-state index in [-0.39, 0.29) is 17.5 Å². The van der Waals surface area contributed by atoms with E-state index in [2.05, 4.69) is 15.5 Å². The predicted molar refractivity (Wildman–Crippen MR) is 101 cm³/mol. The van der Waals surface area contributed by atoms with Crippen molar-refractivity contribution in [3.05, 3.63) is 69.7 Å². The number of aromatic nitrogens is 2. The standard InChI is InChI=1S/C19H17N3O4S/c1-12-4-3-5-13(10-12)19(24)26-11-16-21-22-18(27-16)17(23)20-14-6-8-15(25-2)9-7-14/h3-10H,11H2,1-2H3,(H,20,23). The first-order chi connectivity index (χ1) is 13.0. The van der Waals surface area contributed by atoms with Gasteiger partial charge in [-0.05, 0) is 43.3 Å². The minimum absolute atomic E-state index is 0.0414. The molecule has 0 atom stereocenters. The average molecular weight is 383 g/mol. The lowest BCUT2D eigenvalue weighted by Crippen LogP contribution is -2.11. The van der Waals surface area contributed by atoms with Gasteiger partial charge < -0.3 is 14.8 Å². The molecule has 1 heterocycles. The maximum Gasteiger partial charge on any atom is 0.338 e. The number of hydrogen-bond acceptors (Lipinski definition) is 7. The normalized spacial score (nSPS) is 10.3. The topological polar surface area (TPSA) is 90.4 Å². The van der Waals surface area contributed by atoms with Crippen LogP contribution in [-0.2, 0) is 11.3 Å². The molecule has 8 heteroatoms. The van der Waals surface area contributed by atoms with Crippen LogP contribution < -0.4 is 10.1 Å². The van der Waals surface area contributed by atoms with Crippen LogP contribution in [0.1, 0.15) is 30.7 Å². The number of nitrogens with one attached hydrogen (secondary N) is 1. The molecule has 2 aromatic carbocycles. The first-order valence-corrected chi connectivity index (χ1v) is 8.88. The van der Waals surface area contributed by atoms with E-state index in [9.17, 15) is 9.59 Å². The van der Waals surface area contributed by atoms with E-state index in [0.29, 0.717) is 22.0 Å². The Kier molecular flexibility index (Phi) is 5.77. The third-order valence-electron chi connectivity index (χ3n) is 3.59. The summed E-state index contributed by atoms with van der Waals surface area (Å²) in [5, 5.41) is 11.1. The highest BCUT2D eigenvalue weighted by Crippen LogP contribution is 2.18. The highest BCUT2D eigenvalue weighted by atomic mass is 32.1. The molecular weight excluding hydrogens is 366 g/mol. The minimum atomic E-state index is -0.446. The van der Waals surface area contributed by atoms with Crippen molar-refractivity contribution < 1.29 is 19.1 Å². The summed E-state index contributed by atoms with van der Waals surface area (Å²) in [6, 6.07) is 14.1. The molecule has 1 aromatic heterocycles.